The van der Waals surface area contributed by atoms with E-state index >= 15 is 0 Å². The number of rotatable bonds is 6. The van der Waals surface area contributed by atoms with Gasteiger partial charge < -0.3 is 5.32 Å². The lowest BCUT2D eigenvalue weighted by molar-refractivity contribution is -0.116. The van der Waals surface area contributed by atoms with Crippen LogP contribution in [0.15, 0.2) is 42.7 Å². The molecule has 6 heteroatoms. The van der Waals surface area contributed by atoms with Crippen LogP contribution in [0.3, 0.4) is 0 Å². The predicted molar refractivity (Wildman–Crippen MR) is 95.9 cm³/mol. The van der Waals surface area contributed by atoms with Crippen molar-refractivity contribution in [3.05, 3.63) is 48.3 Å². The van der Waals surface area contributed by atoms with Gasteiger partial charge in [-0.25, -0.2) is 9.50 Å². The zero-order valence-corrected chi connectivity index (χ0v) is 14.1. The Hall–Kier alpha value is -3.20. The fourth-order valence-electron chi connectivity index (χ4n) is 2.70. The van der Waals surface area contributed by atoms with Gasteiger partial charge in [-0.3, -0.25) is 4.79 Å². The third-order valence-electron chi connectivity index (χ3n) is 3.97. The van der Waals surface area contributed by atoms with Crippen LogP contribution in [0.4, 0.5) is 5.69 Å². The SMILES string of the molecule is CCCCCC(=O)Nc1cccc(-c2ccnc3c(C#N)cnn23)c1. The average Bonchev–Trinajstić information content (AvgIpc) is 3.05. The fraction of sp³-hybridized carbons (Fsp3) is 0.263. The van der Waals surface area contributed by atoms with Gasteiger partial charge in [-0.1, -0.05) is 31.9 Å². The molecule has 6 nitrogen and oxygen atoms in total. The number of hydrogen-bond acceptors (Lipinski definition) is 4. The van der Waals surface area contributed by atoms with E-state index in [1.54, 1.807) is 10.7 Å². The molecule has 126 valence electrons. The van der Waals surface area contributed by atoms with Crippen LogP contribution in [0, 0.1) is 11.3 Å². The molecule has 0 unspecified atom stereocenters. The van der Waals surface area contributed by atoms with Gasteiger partial charge in [-0.05, 0) is 24.6 Å². The van der Waals surface area contributed by atoms with Crippen LogP contribution < -0.4 is 5.32 Å². The summed E-state index contributed by atoms with van der Waals surface area (Å²) in [5.41, 5.74) is 3.41. The molecule has 3 rings (SSSR count). The number of carbonyl (C=O) groups is 1. The van der Waals surface area contributed by atoms with Gasteiger partial charge in [0.15, 0.2) is 5.65 Å². The van der Waals surface area contributed by atoms with E-state index in [0.717, 1.165) is 36.2 Å². The molecule has 0 bridgehead atoms. The van der Waals surface area contributed by atoms with E-state index in [0.29, 0.717) is 17.6 Å². The zero-order chi connectivity index (χ0) is 17.6. The summed E-state index contributed by atoms with van der Waals surface area (Å²) in [5.74, 6) is 0.0244. The molecule has 0 aliphatic rings. The number of unbranched alkanes of at least 4 members (excludes halogenated alkanes) is 2. The van der Waals surface area contributed by atoms with Gasteiger partial charge in [0.2, 0.25) is 5.91 Å². The number of aromatic nitrogens is 3. The highest BCUT2D eigenvalue weighted by molar-refractivity contribution is 5.91. The van der Waals surface area contributed by atoms with Crippen LogP contribution in [0.5, 0.6) is 0 Å². The second kappa shape index (κ2) is 7.58. The third kappa shape index (κ3) is 3.66. The minimum atomic E-state index is 0.0244. The van der Waals surface area contributed by atoms with Gasteiger partial charge >= 0.3 is 0 Å². The number of carbonyl (C=O) groups excluding carboxylic acids is 1. The average molecular weight is 333 g/mol. The Morgan fingerprint density at radius 1 is 1.32 bits per heavy atom. The van der Waals surface area contributed by atoms with Crippen LogP contribution in [0.1, 0.15) is 38.2 Å². The number of benzene rings is 1. The number of hydrogen-bond donors (Lipinski definition) is 1. The van der Waals surface area contributed by atoms with E-state index in [1.807, 2.05) is 30.3 Å². The van der Waals surface area contributed by atoms with Crippen molar-refractivity contribution in [2.75, 3.05) is 5.32 Å². The van der Waals surface area contributed by atoms with E-state index < -0.39 is 0 Å². The molecule has 0 fully saturated rings. The first-order chi connectivity index (χ1) is 12.2. The summed E-state index contributed by atoms with van der Waals surface area (Å²) >= 11 is 0. The lowest BCUT2D eigenvalue weighted by atomic mass is 10.1. The van der Waals surface area contributed by atoms with E-state index in [-0.39, 0.29) is 5.91 Å². The molecule has 1 N–H and O–H groups in total. The van der Waals surface area contributed by atoms with Crippen LogP contribution >= 0.6 is 0 Å². The summed E-state index contributed by atoms with van der Waals surface area (Å²) in [6.45, 7) is 2.11. The summed E-state index contributed by atoms with van der Waals surface area (Å²) in [6.07, 6.45) is 6.74. The van der Waals surface area contributed by atoms with Crippen molar-refractivity contribution in [3.63, 3.8) is 0 Å². The monoisotopic (exact) mass is 333 g/mol. The van der Waals surface area contributed by atoms with Crippen molar-refractivity contribution >= 4 is 17.2 Å². The molecule has 0 saturated heterocycles. The number of fused-ring (bicyclic) bond motifs is 1. The Kier molecular flexibility index (Phi) is 5.05. The molecule has 3 aromatic rings. The maximum absolute atomic E-state index is 12.0. The maximum Gasteiger partial charge on any atom is 0.224 e. The van der Waals surface area contributed by atoms with Crippen molar-refractivity contribution in [2.24, 2.45) is 0 Å². The highest BCUT2D eigenvalue weighted by atomic mass is 16.1. The number of nitriles is 1. The first-order valence-electron chi connectivity index (χ1n) is 8.36. The van der Waals surface area contributed by atoms with Crippen molar-refractivity contribution in [3.8, 4) is 17.3 Å². The molecule has 0 saturated carbocycles. The first kappa shape index (κ1) is 16.7. The Morgan fingerprint density at radius 3 is 3.00 bits per heavy atom. The molecule has 2 heterocycles. The van der Waals surface area contributed by atoms with E-state index in [9.17, 15) is 4.79 Å². The molecule has 0 aliphatic heterocycles. The molecule has 2 aromatic heterocycles. The topological polar surface area (TPSA) is 83.1 Å². The second-order valence-corrected chi connectivity index (χ2v) is 5.82. The number of amides is 1. The molecular weight excluding hydrogens is 314 g/mol. The first-order valence-corrected chi connectivity index (χ1v) is 8.36. The highest BCUT2D eigenvalue weighted by Gasteiger charge is 2.10. The van der Waals surface area contributed by atoms with E-state index in [1.165, 1.54) is 6.20 Å². The molecule has 0 radical (unpaired) electrons. The molecular formula is C19H19N5O. The Labute approximate surface area is 146 Å². The minimum absolute atomic E-state index is 0.0244. The largest absolute Gasteiger partial charge is 0.326 e. The summed E-state index contributed by atoms with van der Waals surface area (Å²) in [6, 6.07) is 11.5. The summed E-state index contributed by atoms with van der Waals surface area (Å²) in [7, 11) is 0. The third-order valence-corrected chi connectivity index (χ3v) is 3.97. The van der Waals surface area contributed by atoms with E-state index in [4.69, 9.17) is 5.26 Å². The highest BCUT2D eigenvalue weighted by Crippen LogP contribution is 2.23. The van der Waals surface area contributed by atoms with Gasteiger partial charge in [0, 0.05) is 23.9 Å². The predicted octanol–water partition coefficient (Wildman–Crippen LogP) is 3.79. The fourth-order valence-corrected chi connectivity index (χ4v) is 2.70. The van der Waals surface area contributed by atoms with Crippen LogP contribution in [0.2, 0.25) is 0 Å². The molecule has 0 spiro atoms. The van der Waals surface area contributed by atoms with Gasteiger partial charge in [0.25, 0.3) is 0 Å². The quantitative estimate of drug-likeness (QED) is 0.696. The second-order valence-electron chi connectivity index (χ2n) is 5.82. The Morgan fingerprint density at radius 2 is 2.20 bits per heavy atom. The lowest BCUT2D eigenvalue weighted by Gasteiger charge is -2.09. The van der Waals surface area contributed by atoms with Crippen LogP contribution in [-0.2, 0) is 4.79 Å². The van der Waals surface area contributed by atoms with Crippen molar-refractivity contribution < 1.29 is 4.79 Å². The standard InChI is InChI=1S/C19H19N5O/c1-2-3-4-8-18(25)23-16-7-5-6-14(11-16)17-9-10-21-19-15(12-20)13-22-24(17)19/h5-7,9-11,13H,2-4,8H2,1H3,(H,23,25). The molecule has 1 amide bonds. The number of nitrogens with zero attached hydrogens (tertiary/aromatic N) is 4. The summed E-state index contributed by atoms with van der Waals surface area (Å²) in [4.78, 5) is 16.2. The van der Waals surface area contributed by atoms with Gasteiger partial charge in [0.05, 0.1) is 11.9 Å². The van der Waals surface area contributed by atoms with Gasteiger partial charge in [-0.2, -0.15) is 10.4 Å². The number of anilines is 1. The van der Waals surface area contributed by atoms with Crippen LogP contribution in [0.25, 0.3) is 16.9 Å². The molecule has 0 atom stereocenters. The van der Waals surface area contributed by atoms with Crippen LogP contribution in [-0.4, -0.2) is 20.5 Å². The molecule has 0 aliphatic carbocycles. The van der Waals surface area contributed by atoms with Crippen molar-refractivity contribution in [2.45, 2.75) is 32.6 Å². The molecule has 25 heavy (non-hydrogen) atoms. The smallest absolute Gasteiger partial charge is 0.224 e. The summed E-state index contributed by atoms with van der Waals surface area (Å²) in [5, 5.41) is 16.3. The van der Waals surface area contributed by atoms with Gasteiger partial charge in [0.1, 0.15) is 11.6 Å². The summed E-state index contributed by atoms with van der Waals surface area (Å²) < 4.78 is 1.64. The Balaban J connectivity index is 1.86. The van der Waals surface area contributed by atoms with Crippen molar-refractivity contribution in [1.29, 1.82) is 5.26 Å². The number of nitrogens with one attached hydrogen (secondary N) is 1. The Bertz CT molecular complexity index is 938. The normalized spacial score (nSPS) is 10.6. The zero-order valence-electron chi connectivity index (χ0n) is 14.1. The van der Waals surface area contributed by atoms with Crippen molar-refractivity contribution in [1.82, 2.24) is 14.6 Å². The maximum atomic E-state index is 12.0. The van der Waals surface area contributed by atoms with Gasteiger partial charge in [-0.15, -0.1) is 0 Å². The lowest BCUT2D eigenvalue weighted by Crippen LogP contribution is -2.11. The molecule has 1 aromatic carbocycles. The van der Waals surface area contributed by atoms with E-state index in [2.05, 4.69) is 28.4 Å². The minimum Gasteiger partial charge on any atom is -0.326 e.